The first-order valence-corrected chi connectivity index (χ1v) is 10.6. The third kappa shape index (κ3) is 3.64. The lowest BCUT2D eigenvalue weighted by atomic mass is 9.92. The number of aromatic amines is 1. The molecule has 4 nitrogen and oxygen atoms in total. The van der Waals surface area contributed by atoms with E-state index in [0.29, 0.717) is 28.7 Å². The van der Waals surface area contributed by atoms with Crippen molar-refractivity contribution >= 4 is 45.8 Å². The molecule has 0 spiro atoms. The number of benzene rings is 3. The number of halogens is 3. The standard InChI is InChI=1S/C24H18Cl2FN3O/c25-15-7-10-20-18(13-15)17-11-12-30(24(31)29-21-4-2-1-3-19(21)26)23(22(17)28-20)14-5-8-16(27)9-6-14/h1-10,13,23,28H,11-12H2,(H,29,31)/t23-/m1/s1. The van der Waals surface area contributed by atoms with Crippen molar-refractivity contribution in [2.24, 2.45) is 0 Å². The van der Waals surface area contributed by atoms with Gasteiger partial charge in [-0.3, -0.25) is 0 Å². The van der Waals surface area contributed by atoms with Crippen LogP contribution in [0.15, 0.2) is 66.7 Å². The van der Waals surface area contributed by atoms with E-state index in [4.69, 9.17) is 23.2 Å². The Balaban J connectivity index is 1.60. The van der Waals surface area contributed by atoms with Gasteiger partial charge in [-0.25, -0.2) is 9.18 Å². The lowest BCUT2D eigenvalue weighted by molar-refractivity contribution is 0.193. The lowest BCUT2D eigenvalue weighted by Gasteiger charge is -2.36. The number of nitrogens with one attached hydrogen (secondary N) is 2. The van der Waals surface area contributed by atoms with Gasteiger partial charge in [-0.15, -0.1) is 0 Å². The number of hydrogen-bond donors (Lipinski definition) is 2. The van der Waals surface area contributed by atoms with Crippen molar-refractivity contribution in [2.45, 2.75) is 12.5 Å². The highest BCUT2D eigenvalue weighted by Gasteiger charge is 2.34. The Labute approximate surface area is 188 Å². The normalized spacial score (nSPS) is 15.7. The van der Waals surface area contributed by atoms with Gasteiger partial charge in [0.15, 0.2) is 0 Å². The molecule has 0 saturated heterocycles. The molecule has 156 valence electrons. The molecule has 4 aromatic rings. The highest BCUT2D eigenvalue weighted by Crippen LogP contribution is 2.39. The summed E-state index contributed by atoms with van der Waals surface area (Å²) >= 11 is 12.5. The van der Waals surface area contributed by atoms with Gasteiger partial charge in [0.25, 0.3) is 0 Å². The second-order valence-electron chi connectivity index (χ2n) is 7.51. The SMILES string of the molecule is O=C(Nc1ccccc1Cl)N1CCc2c([nH]c3ccc(Cl)cc23)[C@H]1c1ccc(F)cc1. The molecule has 0 aliphatic carbocycles. The first-order valence-electron chi connectivity index (χ1n) is 9.89. The van der Waals surface area contributed by atoms with E-state index in [-0.39, 0.29) is 11.8 Å². The van der Waals surface area contributed by atoms with Crippen molar-refractivity contribution in [3.63, 3.8) is 0 Å². The van der Waals surface area contributed by atoms with Crippen molar-refractivity contribution < 1.29 is 9.18 Å². The van der Waals surface area contributed by atoms with Crippen LogP contribution >= 0.6 is 23.2 Å². The van der Waals surface area contributed by atoms with Gasteiger partial charge in [-0.1, -0.05) is 47.5 Å². The summed E-state index contributed by atoms with van der Waals surface area (Å²) < 4.78 is 13.6. The van der Waals surface area contributed by atoms with Crippen LogP contribution in [0.3, 0.4) is 0 Å². The topological polar surface area (TPSA) is 48.1 Å². The van der Waals surface area contributed by atoms with Gasteiger partial charge in [-0.05, 0) is 60.0 Å². The molecule has 0 bridgehead atoms. The van der Waals surface area contributed by atoms with E-state index in [1.54, 1.807) is 29.2 Å². The molecule has 0 unspecified atom stereocenters. The van der Waals surface area contributed by atoms with Crippen molar-refractivity contribution in [2.75, 3.05) is 11.9 Å². The Morgan fingerprint density at radius 1 is 1.06 bits per heavy atom. The third-order valence-electron chi connectivity index (χ3n) is 5.65. The molecule has 1 aliphatic rings. The summed E-state index contributed by atoms with van der Waals surface area (Å²) in [6, 6.07) is 18.4. The van der Waals surface area contributed by atoms with Crippen LogP contribution in [0, 0.1) is 5.82 Å². The van der Waals surface area contributed by atoms with Gasteiger partial charge in [0.05, 0.1) is 16.8 Å². The van der Waals surface area contributed by atoms with Crippen LogP contribution in [0.1, 0.15) is 22.9 Å². The number of carbonyl (C=O) groups excluding carboxylic acids is 1. The number of urea groups is 1. The monoisotopic (exact) mass is 453 g/mol. The average Bonchev–Trinajstić information content (AvgIpc) is 3.13. The summed E-state index contributed by atoms with van der Waals surface area (Å²) in [6.45, 7) is 0.491. The molecule has 3 aromatic carbocycles. The Hall–Kier alpha value is -3.02. The summed E-state index contributed by atoms with van der Waals surface area (Å²) in [5.41, 5.74) is 4.34. The van der Waals surface area contributed by atoms with Gasteiger partial charge in [0, 0.05) is 28.2 Å². The van der Waals surface area contributed by atoms with Gasteiger partial charge in [0.2, 0.25) is 0 Å². The molecule has 31 heavy (non-hydrogen) atoms. The lowest BCUT2D eigenvalue weighted by Crippen LogP contribution is -2.43. The number of hydrogen-bond acceptors (Lipinski definition) is 1. The number of fused-ring (bicyclic) bond motifs is 3. The third-order valence-corrected chi connectivity index (χ3v) is 6.22. The minimum atomic E-state index is -0.405. The van der Waals surface area contributed by atoms with E-state index >= 15 is 0 Å². The first kappa shape index (κ1) is 19.9. The number of anilines is 1. The smallest absolute Gasteiger partial charge is 0.322 e. The zero-order valence-electron chi connectivity index (χ0n) is 16.3. The fourth-order valence-corrected chi connectivity index (χ4v) is 4.58. The van der Waals surface area contributed by atoms with Crippen LogP contribution in [0.4, 0.5) is 14.9 Å². The quantitative estimate of drug-likeness (QED) is 0.344. The van der Waals surface area contributed by atoms with E-state index in [1.165, 1.54) is 12.1 Å². The average molecular weight is 454 g/mol. The summed E-state index contributed by atoms with van der Waals surface area (Å²) in [7, 11) is 0. The van der Waals surface area contributed by atoms with E-state index in [2.05, 4.69) is 10.3 Å². The fourth-order valence-electron chi connectivity index (χ4n) is 4.22. The van der Waals surface area contributed by atoms with Crippen molar-refractivity contribution in [1.82, 2.24) is 9.88 Å². The van der Waals surface area contributed by atoms with E-state index < -0.39 is 6.04 Å². The number of amides is 2. The minimum absolute atomic E-state index is 0.273. The van der Waals surface area contributed by atoms with Crippen LogP contribution in [0.25, 0.3) is 10.9 Å². The van der Waals surface area contributed by atoms with Crippen molar-refractivity contribution in [3.05, 3.63) is 99.4 Å². The highest BCUT2D eigenvalue weighted by atomic mass is 35.5. The maximum Gasteiger partial charge on any atom is 0.322 e. The highest BCUT2D eigenvalue weighted by molar-refractivity contribution is 6.33. The predicted octanol–water partition coefficient (Wildman–Crippen LogP) is 6.79. The maximum absolute atomic E-state index is 13.6. The minimum Gasteiger partial charge on any atom is -0.356 e. The number of H-pyrrole nitrogens is 1. The molecule has 2 N–H and O–H groups in total. The van der Waals surface area contributed by atoms with Gasteiger partial charge in [0.1, 0.15) is 5.82 Å². The Morgan fingerprint density at radius 3 is 2.61 bits per heavy atom. The molecular weight excluding hydrogens is 436 g/mol. The van der Waals surface area contributed by atoms with Crippen molar-refractivity contribution in [3.8, 4) is 0 Å². The van der Waals surface area contributed by atoms with Crippen LogP contribution in [-0.4, -0.2) is 22.5 Å². The zero-order chi connectivity index (χ0) is 21.5. The van der Waals surface area contributed by atoms with E-state index in [0.717, 1.165) is 27.7 Å². The molecule has 0 fully saturated rings. The predicted molar refractivity (Wildman–Crippen MR) is 122 cm³/mol. The fraction of sp³-hybridized carbons (Fsp3) is 0.125. The van der Waals surface area contributed by atoms with E-state index in [1.807, 2.05) is 30.3 Å². The molecular formula is C24H18Cl2FN3O. The molecule has 2 heterocycles. The maximum atomic E-state index is 13.6. The molecule has 0 saturated carbocycles. The number of para-hydroxylation sites is 1. The van der Waals surface area contributed by atoms with Crippen molar-refractivity contribution in [1.29, 1.82) is 0 Å². The van der Waals surface area contributed by atoms with Gasteiger partial charge >= 0.3 is 6.03 Å². The summed E-state index contributed by atoms with van der Waals surface area (Å²) in [5, 5.41) is 5.08. The zero-order valence-corrected chi connectivity index (χ0v) is 17.8. The molecule has 0 radical (unpaired) electrons. The number of aromatic nitrogens is 1. The molecule has 1 atom stereocenters. The molecule has 2 amide bonds. The van der Waals surface area contributed by atoms with Crippen LogP contribution in [0.5, 0.6) is 0 Å². The second kappa shape index (κ2) is 7.91. The Morgan fingerprint density at radius 2 is 1.84 bits per heavy atom. The second-order valence-corrected chi connectivity index (χ2v) is 8.36. The first-order chi connectivity index (χ1) is 15.0. The van der Waals surface area contributed by atoms with Crippen LogP contribution < -0.4 is 5.32 Å². The van der Waals surface area contributed by atoms with Gasteiger partial charge in [-0.2, -0.15) is 0 Å². The molecule has 7 heteroatoms. The van der Waals surface area contributed by atoms with Crippen LogP contribution in [-0.2, 0) is 6.42 Å². The largest absolute Gasteiger partial charge is 0.356 e. The van der Waals surface area contributed by atoms with Crippen LogP contribution in [0.2, 0.25) is 10.0 Å². The summed E-state index contributed by atoms with van der Waals surface area (Å²) in [6.07, 6.45) is 0.670. The number of rotatable bonds is 2. The Kier molecular flexibility index (Phi) is 5.08. The molecule has 1 aromatic heterocycles. The summed E-state index contributed by atoms with van der Waals surface area (Å²) in [4.78, 5) is 18.5. The van der Waals surface area contributed by atoms with Gasteiger partial charge < -0.3 is 15.2 Å². The number of carbonyl (C=O) groups is 1. The molecule has 1 aliphatic heterocycles. The molecule has 5 rings (SSSR count). The van der Waals surface area contributed by atoms with E-state index in [9.17, 15) is 9.18 Å². The summed E-state index contributed by atoms with van der Waals surface area (Å²) in [5.74, 6) is -0.324. The Bertz CT molecular complexity index is 1290. The number of nitrogens with zero attached hydrogens (tertiary/aromatic N) is 1.